The molecule has 1 fully saturated rings. The van der Waals surface area contributed by atoms with Crippen LogP contribution in [0.3, 0.4) is 0 Å². The number of fused-ring (bicyclic) bond motifs is 1. The highest BCUT2D eigenvalue weighted by Crippen LogP contribution is 2.37. The molecule has 0 atom stereocenters. The Hall–Kier alpha value is -3.50. The first-order valence-corrected chi connectivity index (χ1v) is 11.8. The Morgan fingerprint density at radius 1 is 1.18 bits per heavy atom. The molecule has 0 unspecified atom stereocenters. The summed E-state index contributed by atoms with van der Waals surface area (Å²) in [5.74, 6) is 0.673. The van der Waals surface area contributed by atoms with Gasteiger partial charge in [-0.05, 0) is 62.3 Å². The number of halogens is 1. The van der Waals surface area contributed by atoms with Gasteiger partial charge in [-0.2, -0.15) is 5.10 Å². The number of carbonyl (C=O) groups is 1. The number of amides is 1. The van der Waals surface area contributed by atoms with E-state index >= 15 is 0 Å². The summed E-state index contributed by atoms with van der Waals surface area (Å²) in [6.45, 7) is 1.87. The molecule has 2 aromatic carbocycles. The molecule has 0 spiro atoms. The summed E-state index contributed by atoms with van der Waals surface area (Å²) in [4.78, 5) is 21.4. The van der Waals surface area contributed by atoms with Crippen LogP contribution in [-0.2, 0) is 0 Å². The van der Waals surface area contributed by atoms with Gasteiger partial charge in [0.15, 0.2) is 5.65 Å². The van der Waals surface area contributed by atoms with E-state index in [9.17, 15) is 4.79 Å². The quantitative estimate of drug-likeness (QED) is 0.362. The number of nitrogens with zero attached hydrogens (tertiary/aromatic N) is 4. The molecule has 0 radical (unpaired) electrons. The topological polar surface area (TPSA) is 120 Å². The highest BCUT2D eigenvalue weighted by Gasteiger charge is 2.24. The van der Waals surface area contributed by atoms with Crippen LogP contribution in [0, 0.1) is 0 Å². The van der Waals surface area contributed by atoms with Gasteiger partial charge in [-0.25, -0.2) is 14.6 Å². The van der Waals surface area contributed by atoms with Crippen LogP contribution < -0.4 is 21.1 Å². The Bertz CT molecular complexity index is 1350. The number of aromatic nitrogens is 4. The van der Waals surface area contributed by atoms with Gasteiger partial charge >= 0.3 is 0 Å². The molecule has 4 aromatic rings. The number of carbonyl (C=O) groups excluding carboxylic acids is 1. The lowest BCUT2D eigenvalue weighted by atomic mass is 10.1. The molecule has 1 aliphatic heterocycles. The molecule has 10 heteroatoms. The zero-order valence-corrected chi connectivity index (χ0v) is 20.2. The first kappa shape index (κ1) is 22.3. The second-order valence-corrected chi connectivity index (χ2v) is 9.02. The van der Waals surface area contributed by atoms with Crippen LogP contribution in [0.1, 0.15) is 29.2 Å². The molecule has 4 N–H and O–H groups in total. The summed E-state index contributed by atoms with van der Waals surface area (Å²) >= 11 is 3.38. The van der Waals surface area contributed by atoms with Crippen LogP contribution in [0.4, 0.5) is 11.5 Å². The van der Waals surface area contributed by atoms with Crippen LogP contribution in [0.15, 0.2) is 53.3 Å². The molecule has 0 aliphatic carbocycles. The molecule has 0 bridgehead atoms. The van der Waals surface area contributed by atoms with E-state index in [1.807, 2.05) is 28.9 Å². The van der Waals surface area contributed by atoms with Crippen molar-refractivity contribution in [3.05, 3.63) is 58.8 Å². The van der Waals surface area contributed by atoms with E-state index in [0.717, 1.165) is 47.0 Å². The molecule has 1 saturated heterocycles. The SMILES string of the molecule is COc1cc(-c2nn(C3CCNCC3)c3ncnc(N)c23)ccc1NC(=O)c1ccc(Br)cc1. The molecule has 0 saturated carbocycles. The number of hydrogen-bond donors (Lipinski definition) is 3. The predicted octanol–water partition coefficient (Wildman–Crippen LogP) is 4.02. The van der Waals surface area contributed by atoms with Gasteiger partial charge in [0.1, 0.15) is 23.6 Å². The zero-order valence-electron chi connectivity index (χ0n) is 18.6. The van der Waals surface area contributed by atoms with Crippen LogP contribution >= 0.6 is 15.9 Å². The third-order valence-electron chi connectivity index (χ3n) is 6.00. The number of nitrogen functional groups attached to an aromatic ring is 1. The van der Waals surface area contributed by atoms with E-state index in [2.05, 4.69) is 36.5 Å². The molecular formula is C24H24BrN7O2. The second-order valence-electron chi connectivity index (χ2n) is 8.11. The van der Waals surface area contributed by atoms with Gasteiger partial charge in [0.25, 0.3) is 5.91 Å². The summed E-state index contributed by atoms with van der Waals surface area (Å²) in [5.41, 5.74) is 9.60. The highest BCUT2D eigenvalue weighted by atomic mass is 79.9. The predicted molar refractivity (Wildman–Crippen MR) is 135 cm³/mol. The number of rotatable bonds is 5. The fourth-order valence-electron chi connectivity index (χ4n) is 4.24. The first-order chi connectivity index (χ1) is 16.5. The van der Waals surface area contributed by atoms with Crippen LogP contribution in [0.2, 0.25) is 0 Å². The summed E-state index contributed by atoms with van der Waals surface area (Å²) in [5, 5.41) is 11.9. The molecule has 34 heavy (non-hydrogen) atoms. The second kappa shape index (κ2) is 9.40. The standard InChI is InChI=1S/C24H24BrN7O2/c1-34-19-12-15(4-7-18(19)30-24(33)14-2-5-16(25)6-3-14)21-20-22(26)28-13-29-23(20)32(31-21)17-8-10-27-11-9-17/h2-7,12-13,17,27H,8-11H2,1H3,(H,30,33)(H2,26,28,29). The third kappa shape index (κ3) is 4.22. The molecule has 1 aliphatic rings. The minimum atomic E-state index is -0.225. The molecular weight excluding hydrogens is 498 g/mol. The van der Waals surface area contributed by atoms with Crippen molar-refractivity contribution in [3.63, 3.8) is 0 Å². The Kier molecular flexibility index (Phi) is 6.16. The minimum Gasteiger partial charge on any atom is -0.495 e. The number of nitrogens with one attached hydrogen (secondary N) is 2. The van der Waals surface area contributed by atoms with Gasteiger partial charge in [-0.1, -0.05) is 22.0 Å². The van der Waals surface area contributed by atoms with Crippen LogP contribution in [-0.4, -0.2) is 45.9 Å². The number of hydrogen-bond acceptors (Lipinski definition) is 7. The molecule has 1 amide bonds. The van der Waals surface area contributed by atoms with Crippen molar-refractivity contribution in [3.8, 4) is 17.0 Å². The molecule has 3 heterocycles. The average Bonchev–Trinajstić information content (AvgIpc) is 3.26. The van der Waals surface area contributed by atoms with E-state index in [0.29, 0.717) is 28.5 Å². The van der Waals surface area contributed by atoms with Crippen LogP contribution in [0.25, 0.3) is 22.3 Å². The number of benzene rings is 2. The summed E-state index contributed by atoms with van der Waals surface area (Å²) in [6, 6.07) is 12.9. The number of piperidine rings is 1. The Morgan fingerprint density at radius 2 is 1.94 bits per heavy atom. The van der Waals surface area contributed by atoms with Gasteiger partial charge < -0.3 is 21.1 Å². The lowest BCUT2D eigenvalue weighted by molar-refractivity contribution is 0.102. The third-order valence-corrected chi connectivity index (χ3v) is 6.53. The average molecular weight is 522 g/mol. The molecule has 2 aromatic heterocycles. The van der Waals surface area contributed by atoms with E-state index in [4.69, 9.17) is 15.6 Å². The van der Waals surface area contributed by atoms with Crippen molar-refractivity contribution in [2.45, 2.75) is 18.9 Å². The fraction of sp³-hybridized carbons (Fsp3) is 0.250. The van der Waals surface area contributed by atoms with Crippen molar-refractivity contribution in [2.24, 2.45) is 0 Å². The number of anilines is 2. The van der Waals surface area contributed by atoms with Gasteiger partial charge in [0, 0.05) is 15.6 Å². The smallest absolute Gasteiger partial charge is 0.255 e. The Balaban J connectivity index is 1.52. The van der Waals surface area contributed by atoms with Gasteiger partial charge in [-0.3, -0.25) is 4.79 Å². The minimum absolute atomic E-state index is 0.225. The van der Waals surface area contributed by atoms with Crippen molar-refractivity contribution < 1.29 is 9.53 Å². The van der Waals surface area contributed by atoms with Crippen molar-refractivity contribution in [1.29, 1.82) is 0 Å². The molecule has 5 rings (SSSR count). The lowest BCUT2D eigenvalue weighted by Crippen LogP contribution is -2.30. The summed E-state index contributed by atoms with van der Waals surface area (Å²) in [6.07, 6.45) is 3.40. The van der Waals surface area contributed by atoms with E-state index in [-0.39, 0.29) is 11.9 Å². The summed E-state index contributed by atoms with van der Waals surface area (Å²) in [7, 11) is 1.57. The Morgan fingerprint density at radius 3 is 2.68 bits per heavy atom. The van der Waals surface area contributed by atoms with Crippen LogP contribution in [0.5, 0.6) is 5.75 Å². The van der Waals surface area contributed by atoms with Crippen molar-refractivity contribution >= 4 is 44.4 Å². The number of methoxy groups -OCH3 is 1. The van der Waals surface area contributed by atoms with Gasteiger partial charge in [0.2, 0.25) is 0 Å². The monoisotopic (exact) mass is 521 g/mol. The van der Waals surface area contributed by atoms with Gasteiger partial charge in [-0.15, -0.1) is 0 Å². The van der Waals surface area contributed by atoms with E-state index < -0.39 is 0 Å². The lowest BCUT2D eigenvalue weighted by Gasteiger charge is -2.23. The normalized spacial score (nSPS) is 14.3. The zero-order chi connectivity index (χ0) is 23.7. The molecule has 9 nitrogen and oxygen atoms in total. The highest BCUT2D eigenvalue weighted by molar-refractivity contribution is 9.10. The fourth-order valence-corrected chi connectivity index (χ4v) is 4.51. The summed E-state index contributed by atoms with van der Waals surface area (Å²) < 4.78 is 8.48. The molecule has 174 valence electrons. The van der Waals surface area contributed by atoms with Crippen molar-refractivity contribution in [1.82, 2.24) is 25.1 Å². The number of nitrogens with two attached hydrogens (primary N) is 1. The van der Waals surface area contributed by atoms with E-state index in [1.165, 1.54) is 6.33 Å². The maximum atomic E-state index is 12.7. The maximum absolute atomic E-state index is 12.7. The van der Waals surface area contributed by atoms with E-state index in [1.54, 1.807) is 25.3 Å². The maximum Gasteiger partial charge on any atom is 0.255 e. The Labute approximate surface area is 204 Å². The number of ether oxygens (including phenoxy) is 1. The largest absolute Gasteiger partial charge is 0.495 e. The van der Waals surface area contributed by atoms with Crippen molar-refractivity contribution in [2.75, 3.05) is 31.2 Å². The first-order valence-electron chi connectivity index (χ1n) is 11.0. The van der Waals surface area contributed by atoms with Gasteiger partial charge in [0.05, 0.1) is 24.2 Å².